The Morgan fingerprint density at radius 2 is 0.566 bits per heavy atom. The van der Waals surface area contributed by atoms with Gasteiger partial charge in [-0.3, -0.25) is 18.6 Å². The van der Waals surface area contributed by atoms with Crippen molar-refractivity contribution in [2.45, 2.75) is 386 Å². The number of carbonyl (C=O) groups excluding carboxylic acids is 2. The molecule has 454 valence electrons. The van der Waals surface area contributed by atoms with Gasteiger partial charge < -0.3 is 20.1 Å². The van der Waals surface area contributed by atoms with Gasteiger partial charge in [-0.15, -0.1) is 0 Å². The first-order valence-electron chi connectivity index (χ1n) is 34.0. The van der Waals surface area contributed by atoms with Crippen LogP contribution in [0.3, 0.4) is 0 Å². The van der Waals surface area contributed by atoms with Crippen LogP contribution in [-0.4, -0.2) is 49.3 Å². The Morgan fingerprint density at radius 1 is 0.342 bits per heavy atom. The maximum atomic E-state index is 12.7. The van der Waals surface area contributed by atoms with E-state index in [0.717, 1.165) is 32.1 Å². The van der Waals surface area contributed by atoms with Crippen LogP contribution in [0.25, 0.3) is 0 Å². The predicted molar refractivity (Wildman–Crippen MR) is 326 cm³/mol. The van der Waals surface area contributed by atoms with Crippen LogP contribution < -0.4 is 5.73 Å². The molecular weight excluding hydrogens is 966 g/mol. The molecule has 0 aliphatic heterocycles. The summed E-state index contributed by atoms with van der Waals surface area (Å²) in [6.45, 7) is 3.84. The number of hydrogen-bond acceptors (Lipinski definition) is 8. The number of hydrogen-bond donors (Lipinski definition) is 2. The third-order valence-corrected chi connectivity index (χ3v) is 16.7. The van der Waals surface area contributed by atoms with Crippen molar-refractivity contribution in [2.75, 3.05) is 26.4 Å². The predicted octanol–water partition coefficient (Wildman–Crippen LogP) is 21.8. The summed E-state index contributed by atoms with van der Waals surface area (Å²) in [5, 5.41) is 0. The van der Waals surface area contributed by atoms with Gasteiger partial charge in [-0.2, -0.15) is 0 Å². The number of ether oxygens (including phenoxy) is 2. The van der Waals surface area contributed by atoms with E-state index in [9.17, 15) is 19.0 Å². The Hall–Kier alpha value is -0.990. The Morgan fingerprint density at radius 3 is 0.803 bits per heavy atom. The minimum Gasteiger partial charge on any atom is -0.462 e. The highest BCUT2D eigenvalue weighted by atomic mass is 31.2. The molecule has 76 heavy (non-hydrogen) atoms. The molecular formula is C66H132NO8P. The van der Waals surface area contributed by atoms with Gasteiger partial charge in [0.1, 0.15) is 6.61 Å². The maximum Gasteiger partial charge on any atom is 0.472 e. The molecule has 0 aromatic rings. The molecule has 0 aliphatic rings. The average Bonchev–Trinajstić information content (AvgIpc) is 3.41. The van der Waals surface area contributed by atoms with Crippen molar-refractivity contribution in [3.8, 4) is 0 Å². The molecule has 0 aliphatic carbocycles. The van der Waals surface area contributed by atoms with Crippen molar-refractivity contribution < 1.29 is 37.6 Å². The summed E-state index contributed by atoms with van der Waals surface area (Å²) in [4.78, 5) is 35.3. The van der Waals surface area contributed by atoms with Gasteiger partial charge in [0.05, 0.1) is 13.2 Å². The van der Waals surface area contributed by atoms with E-state index in [-0.39, 0.29) is 32.1 Å². The van der Waals surface area contributed by atoms with Crippen molar-refractivity contribution >= 4 is 19.8 Å². The molecule has 9 nitrogen and oxygen atoms in total. The Bertz CT molecular complexity index is 1210. The molecule has 0 rings (SSSR count). The lowest BCUT2D eigenvalue weighted by Gasteiger charge is -2.19. The van der Waals surface area contributed by atoms with Crippen molar-refractivity contribution in [3.63, 3.8) is 0 Å². The van der Waals surface area contributed by atoms with Crippen LogP contribution in [0.2, 0.25) is 0 Å². The van der Waals surface area contributed by atoms with Crippen molar-refractivity contribution in [2.24, 2.45) is 5.73 Å². The van der Waals surface area contributed by atoms with E-state index in [4.69, 9.17) is 24.3 Å². The zero-order valence-electron chi connectivity index (χ0n) is 51.0. The first kappa shape index (κ1) is 75.0. The summed E-state index contributed by atoms with van der Waals surface area (Å²) in [5.74, 6) is -0.798. The van der Waals surface area contributed by atoms with Crippen LogP contribution in [0.15, 0.2) is 0 Å². The third-order valence-electron chi connectivity index (χ3n) is 15.7. The van der Waals surface area contributed by atoms with Gasteiger partial charge in [0.2, 0.25) is 0 Å². The number of phosphoric acid groups is 1. The minimum atomic E-state index is -4.38. The second-order valence-corrected chi connectivity index (χ2v) is 24.9. The standard InChI is InChI=1S/C66H132NO8P/c1-3-5-7-9-11-13-15-17-19-21-23-25-27-29-30-31-32-33-35-37-39-41-43-45-47-49-51-53-55-57-59-66(69)75-64(63-74-76(70,71)73-61-60-67)62-72-65(68)58-56-54-52-50-48-46-44-42-40-38-36-34-28-26-24-22-20-18-16-14-12-10-8-6-4-2/h64H,3-63,67H2,1-2H3,(H,70,71). The molecule has 0 saturated carbocycles. The second-order valence-electron chi connectivity index (χ2n) is 23.4. The van der Waals surface area contributed by atoms with E-state index >= 15 is 0 Å². The SMILES string of the molecule is CCCCCCCCCCCCCCCCCCCCCCCCCCCCCCCCC(=O)OC(COC(=O)CCCCCCCCCCCCCCCCCCCCCCCCCCC)COP(=O)(O)OCCN. The third kappa shape index (κ3) is 62.2. The van der Waals surface area contributed by atoms with E-state index in [1.54, 1.807) is 0 Å². The fourth-order valence-electron chi connectivity index (χ4n) is 10.7. The number of nitrogens with two attached hydrogens (primary N) is 1. The molecule has 0 spiro atoms. The lowest BCUT2D eigenvalue weighted by molar-refractivity contribution is -0.161. The zero-order chi connectivity index (χ0) is 55.2. The lowest BCUT2D eigenvalue weighted by atomic mass is 10.0. The molecule has 0 bridgehead atoms. The molecule has 0 aromatic carbocycles. The van der Waals surface area contributed by atoms with Gasteiger partial charge in [-0.25, -0.2) is 4.57 Å². The summed E-state index contributed by atoms with van der Waals surface area (Å²) < 4.78 is 33.2. The zero-order valence-corrected chi connectivity index (χ0v) is 51.9. The van der Waals surface area contributed by atoms with Crippen LogP contribution in [0.5, 0.6) is 0 Å². The van der Waals surface area contributed by atoms with E-state index in [0.29, 0.717) is 12.8 Å². The van der Waals surface area contributed by atoms with Crippen molar-refractivity contribution in [1.29, 1.82) is 0 Å². The summed E-state index contributed by atoms with van der Waals surface area (Å²) >= 11 is 0. The molecule has 0 saturated heterocycles. The molecule has 2 unspecified atom stereocenters. The highest BCUT2D eigenvalue weighted by Crippen LogP contribution is 2.43. The van der Waals surface area contributed by atoms with Gasteiger partial charge in [0.15, 0.2) is 6.10 Å². The number of phosphoric ester groups is 1. The molecule has 0 aromatic heterocycles. The molecule has 3 N–H and O–H groups in total. The van der Waals surface area contributed by atoms with Crippen LogP contribution in [-0.2, 0) is 32.7 Å². The van der Waals surface area contributed by atoms with Gasteiger partial charge in [-0.1, -0.05) is 354 Å². The first-order chi connectivity index (χ1) is 37.3. The van der Waals surface area contributed by atoms with E-state index in [1.807, 2.05) is 0 Å². The molecule has 0 amide bonds. The van der Waals surface area contributed by atoms with Crippen molar-refractivity contribution in [1.82, 2.24) is 0 Å². The highest BCUT2D eigenvalue weighted by Gasteiger charge is 2.26. The number of esters is 2. The fourth-order valence-corrected chi connectivity index (χ4v) is 11.5. The molecule has 10 heteroatoms. The average molecular weight is 1100 g/mol. The maximum absolute atomic E-state index is 12.7. The van der Waals surface area contributed by atoms with Gasteiger partial charge in [0, 0.05) is 19.4 Å². The summed E-state index contributed by atoms with van der Waals surface area (Å²) in [6, 6.07) is 0. The Kier molecular flexibility index (Phi) is 62.4. The Balaban J connectivity index is 3.81. The molecule has 0 heterocycles. The molecule has 0 fully saturated rings. The highest BCUT2D eigenvalue weighted by molar-refractivity contribution is 7.47. The largest absolute Gasteiger partial charge is 0.472 e. The topological polar surface area (TPSA) is 134 Å². The van der Waals surface area contributed by atoms with Crippen molar-refractivity contribution in [3.05, 3.63) is 0 Å². The van der Waals surface area contributed by atoms with Crippen LogP contribution in [0.4, 0.5) is 0 Å². The smallest absolute Gasteiger partial charge is 0.462 e. The number of unbranched alkanes of at least 4 members (excludes halogenated alkanes) is 53. The van der Waals surface area contributed by atoms with E-state index in [2.05, 4.69) is 13.8 Å². The summed E-state index contributed by atoms with van der Waals surface area (Å²) in [7, 11) is -4.38. The van der Waals surface area contributed by atoms with Gasteiger partial charge in [0.25, 0.3) is 0 Å². The second kappa shape index (κ2) is 63.2. The monoisotopic (exact) mass is 1100 g/mol. The van der Waals surface area contributed by atoms with Crippen LogP contribution in [0.1, 0.15) is 380 Å². The van der Waals surface area contributed by atoms with Gasteiger partial charge >= 0.3 is 19.8 Å². The fraction of sp³-hybridized carbons (Fsp3) is 0.970. The number of rotatable bonds is 66. The normalized spacial score (nSPS) is 12.8. The minimum absolute atomic E-state index is 0.0588. The van der Waals surface area contributed by atoms with E-state index in [1.165, 1.54) is 315 Å². The Labute approximate surface area is 473 Å². The summed E-state index contributed by atoms with van der Waals surface area (Å²) in [6.07, 6.45) is 73.4. The molecule has 2 atom stereocenters. The molecule has 0 radical (unpaired) electrons. The van der Waals surface area contributed by atoms with Crippen LogP contribution >= 0.6 is 7.82 Å². The number of carbonyl (C=O) groups is 2. The summed E-state index contributed by atoms with van der Waals surface area (Å²) in [5.41, 5.74) is 5.40. The first-order valence-corrected chi connectivity index (χ1v) is 35.5. The van der Waals surface area contributed by atoms with Crippen LogP contribution in [0, 0.1) is 0 Å². The lowest BCUT2D eigenvalue weighted by Crippen LogP contribution is -2.29. The van der Waals surface area contributed by atoms with E-state index < -0.39 is 26.5 Å². The van der Waals surface area contributed by atoms with Gasteiger partial charge in [-0.05, 0) is 12.8 Å². The quantitative estimate of drug-likeness (QED) is 0.0347.